The molecule has 1 fully saturated rings. The first-order valence-electron chi connectivity index (χ1n) is 8.58. The van der Waals surface area contributed by atoms with Gasteiger partial charge in [0.25, 0.3) is 5.91 Å². The lowest BCUT2D eigenvalue weighted by Crippen LogP contribution is -2.19. The summed E-state index contributed by atoms with van der Waals surface area (Å²) < 4.78 is 10.5. The van der Waals surface area contributed by atoms with Gasteiger partial charge in [-0.3, -0.25) is 9.69 Å². The van der Waals surface area contributed by atoms with Gasteiger partial charge in [-0.1, -0.05) is 12.1 Å². The minimum atomic E-state index is -0.140. The normalized spacial score (nSPS) is 16.4. The summed E-state index contributed by atoms with van der Waals surface area (Å²) in [4.78, 5) is 15.2. The molecule has 25 heavy (non-hydrogen) atoms. The van der Waals surface area contributed by atoms with Gasteiger partial charge in [0.2, 0.25) is 0 Å². The Kier molecular flexibility index (Phi) is 4.09. The number of ether oxygens (including phenoxy) is 2. The van der Waals surface area contributed by atoms with Crippen LogP contribution in [0.25, 0.3) is 0 Å². The predicted octanol–water partition coefficient (Wildman–Crippen LogP) is 3.43. The van der Waals surface area contributed by atoms with Crippen molar-refractivity contribution in [1.82, 2.24) is 4.90 Å². The maximum absolute atomic E-state index is 12.7. The Bertz CT molecular complexity index is 815. The molecular weight excluding hydrogens is 316 g/mol. The fraction of sp³-hybridized carbons (Fsp3) is 0.350. The van der Waals surface area contributed by atoms with Crippen molar-refractivity contribution >= 4 is 11.6 Å². The first-order valence-corrected chi connectivity index (χ1v) is 8.58. The van der Waals surface area contributed by atoms with E-state index < -0.39 is 0 Å². The maximum atomic E-state index is 12.7. The van der Waals surface area contributed by atoms with Gasteiger partial charge in [0.05, 0.1) is 14.2 Å². The van der Waals surface area contributed by atoms with Crippen molar-refractivity contribution in [3.63, 3.8) is 0 Å². The van der Waals surface area contributed by atoms with E-state index in [0.717, 1.165) is 24.8 Å². The SMILES string of the molecule is COc1ccc(C(=O)Nc2cccc3c2CN(C2CC2)C3)cc1OC. The fourth-order valence-electron chi connectivity index (χ4n) is 3.43. The minimum Gasteiger partial charge on any atom is -0.493 e. The molecule has 0 spiro atoms. The molecule has 130 valence electrons. The number of anilines is 1. The summed E-state index contributed by atoms with van der Waals surface area (Å²) in [6, 6.07) is 12.1. The van der Waals surface area contributed by atoms with Crippen LogP contribution >= 0.6 is 0 Å². The first kappa shape index (κ1) is 16.0. The Hall–Kier alpha value is -2.53. The molecule has 0 radical (unpaired) electrons. The average molecular weight is 338 g/mol. The minimum absolute atomic E-state index is 0.140. The molecule has 2 aromatic carbocycles. The molecule has 0 bridgehead atoms. The van der Waals surface area contributed by atoms with Crippen molar-refractivity contribution in [3.05, 3.63) is 53.1 Å². The van der Waals surface area contributed by atoms with E-state index in [-0.39, 0.29) is 5.91 Å². The Labute approximate surface area is 147 Å². The number of benzene rings is 2. The summed E-state index contributed by atoms with van der Waals surface area (Å²) >= 11 is 0. The summed E-state index contributed by atoms with van der Waals surface area (Å²) in [6.45, 7) is 1.91. The second-order valence-corrected chi connectivity index (χ2v) is 6.60. The molecule has 1 saturated carbocycles. The van der Waals surface area contributed by atoms with Gasteiger partial charge in [-0.15, -0.1) is 0 Å². The molecule has 1 N–H and O–H groups in total. The third-order valence-corrected chi connectivity index (χ3v) is 4.96. The number of amides is 1. The monoisotopic (exact) mass is 338 g/mol. The van der Waals surface area contributed by atoms with Gasteiger partial charge in [-0.25, -0.2) is 0 Å². The molecule has 0 unspecified atom stereocenters. The molecule has 5 nitrogen and oxygen atoms in total. The van der Waals surface area contributed by atoms with Crippen LogP contribution in [0.5, 0.6) is 11.5 Å². The lowest BCUT2D eigenvalue weighted by molar-refractivity contribution is 0.102. The van der Waals surface area contributed by atoms with Gasteiger partial charge in [0.1, 0.15) is 0 Å². The number of carbonyl (C=O) groups is 1. The largest absolute Gasteiger partial charge is 0.493 e. The smallest absolute Gasteiger partial charge is 0.255 e. The zero-order valence-electron chi connectivity index (χ0n) is 14.5. The molecule has 2 aliphatic rings. The molecule has 2 aromatic rings. The van der Waals surface area contributed by atoms with Crippen molar-refractivity contribution in [2.24, 2.45) is 0 Å². The van der Waals surface area contributed by atoms with Gasteiger partial charge < -0.3 is 14.8 Å². The number of hydrogen-bond donors (Lipinski definition) is 1. The molecule has 1 aliphatic carbocycles. The number of nitrogens with zero attached hydrogens (tertiary/aromatic N) is 1. The van der Waals surface area contributed by atoms with Crippen LogP contribution in [-0.2, 0) is 13.1 Å². The highest BCUT2D eigenvalue weighted by Crippen LogP contribution is 2.37. The van der Waals surface area contributed by atoms with Crippen LogP contribution in [0.3, 0.4) is 0 Å². The third kappa shape index (κ3) is 3.07. The highest BCUT2D eigenvalue weighted by molar-refractivity contribution is 6.05. The lowest BCUT2D eigenvalue weighted by atomic mass is 10.1. The number of carbonyl (C=O) groups excluding carboxylic acids is 1. The quantitative estimate of drug-likeness (QED) is 0.907. The van der Waals surface area contributed by atoms with Gasteiger partial charge >= 0.3 is 0 Å². The maximum Gasteiger partial charge on any atom is 0.255 e. The van der Waals surface area contributed by atoms with Crippen LogP contribution in [0.2, 0.25) is 0 Å². The summed E-state index contributed by atoms with van der Waals surface area (Å²) in [5.41, 5.74) is 4.01. The second kappa shape index (κ2) is 6.41. The number of hydrogen-bond acceptors (Lipinski definition) is 4. The van der Waals surface area contributed by atoms with Crippen LogP contribution < -0.4 is 14.8 Å². The number of fused-ring (bicyclic) bond motifs is 1. The fourth-order valence-corrected chi connectivity index (χ4v) is 3.43. The Morgan fingerprint density at radius 2 is 1.88 bits per heavy atom. The van der Waals surface area contributed by atoms with Gasteiger partial charge in [-0.05, 0) is 48.2 Å². The highest BCUT2D eigenvalue weighted by atomic mass is 16.5. The third-order valence-electron chi connectivity index (χ3n) is 4.96. The molecule has 0 atom stereocenters. The number of rotatable bonds is 5. The van der Waals surface area contributed by atoms with Crippen molar-refractivity contribution in [1.29, 1.82) is 0 Å². The van der Waals surface area contributed by atoms with Crippen LogP contribution in [-0.4, -0.2) is 31.1 Å². The Morgan fingerprint density at radius 1 is 1.08 bits per heavy atom. The van der Waals surface area contributed by atoms with E-state index in [1.54, 1.807) is 32.4 Å². The standard InChI is InChI=1S/C20H22N2O3/c1-24-18-9-6-13(10-19(18)25-2)20(23)21-17-5-3-4-14-11-22(12-16(14)17)15-7-8-15/h3-6,9-10,15H,7-8,11-12H2,1-2H3,(H,21,23). The lowest BCUT2D eigenvalue weighted by Gasteiger charge is -2.14. The Balaban J connectivity index is 1.55. The van der Waals surface area contributed by atoms with Crippen LogP contribution in [0.1, 0.15) is 34.3 Å². The summed E-state index contributed by atoms with van der Waals surface area (Å²) in [6.07, 6.45) is 2.59. The van der Waals surface area contributed by atoms with E-state index in [1.165, 1.54) is 24.0 Å². The van der Waals surface area contributed by atoms with E-state index in [9.17, 15) is 4.79 Å². The van der Waals surface area contributed by atoms with E-state index in [2.05, 4.69) is 16.3 Å². The van der Waals surface area contributed by atoms with Gasteiger partial charge in [-0.2, -0.15) is 0 Å². The zero-order valence-corrected chi connectivity index (χ0v) is 14.5. The van der Waals surface area contributed by atoms with E-state index in [1.807, 2.05) is 12.1 Å². The van der Waals surface area contributed by atoms with Crippen LogP contribution in [0.4, 0.5) is 5.69 Å². The molecule has 0 aromatic heterocycles. The summed E-state index contributed by atoms with van der Waals surface area (Å²) in [7, 11) is 3.15. The molecule has 5 heteroatoms. The van der Waals surface area contributed by atoms with Crippen molar-refractivity contribution in [2.75, 3.05) is 19.5 Å². The predicted molar refractivity (Wildman–Crippen MR) is 96.2 cm³/mol. The molecular formula is C20H22N2O3. The van der Waals surface area contributed by atoms with Crippen molar-refractivity contribution < 1.29 is 14.3 Å². The topological polar surface area (TPSA) is 50.8 Å². The number of methoxy groups -OCH3 is 2. The summed E-state index contributed by atoms with van der Waals surface area (Å²) in [5.74, 6) is 1.02. The molecule has 1 aliphatic heterocycles. The van der Waals surface area contributed by atoms with Gasteiger partial charge in [0, 0.05) is 30.4 Å². The van der Waals surface area contributed by atoms with Crippen molar-refractivity contribution in [2.45, 2.75) is 32.0 Å². The van der Waals surface area contributed by atoms with Crippen LogP contribution in [0, 0.1) is 0 Å². The van der Waals surface area contributed by atoms with E-state index in [4.69, 9.17) is 9.47 Å². The molecule has 1 amide bonds. The Morgan fingerprint density at radius 3 is 2.60 bits per heavy atom. The summed E-state index contributed by atoms with van der Waals surface area (Å²) in [5, 5.41) is 3.07. The molecule has 4 rings (SSSR count). The number of nitrogens with one attached hydrogen (secondary N) is 1. The van der Waals surface area contributed by atoms with Gasteiger partial charge in [0.15, 0.2) is 11.5 Å². The van der Waals surface area contributed by atoms with Crippen LogP contribution in [0.15, 0.2) is 36.4 Å². The van der Waals surface area contributed by atoms with E-state index in [0.29, 0.717) is 17.1 Å². The average Bonchev–Trinajstić information content (AvgIpc) is 3.40. The first-order chi connectivity index (χ1) is 12.2. The second-order valence-electron chi connectivity index (χ2n) is 6.60. The zero-order chi connectivity index (χ0) is 17.4. The molecule has 1 heterocycles. The van der Waals surface area contributed by atoms with E-state index >= 15 is 0 Å². The highest BCUT2D eigenvalue weighted by Gasteiger charge is 2.33. The van der Waals surface area contributed by atoms with Crippen molar-refractivity contribution in [3.8, 4) is 11.5 Å². The molecule has 0 saturated heterocycles.